The predicted molar refractivity (Wildman–Crippen MR) is 120 cm³/mol. The fourth-order valence-corrected chi connectivity index (χ4v) is 4.19. The molecule has 0 saturated heterocycles. The van der Waals surface area contributed by atoms with Gasteiger partial charge in [0, 0.05) is 43.3 Å². The van der Waals surface area contributed by atoms with Gasteiger partial charge in [-0.15, -0.1) is 0 Å². The number of aromatic nitrogens is 1. The van der Waals surface area contributed by atoms with Crippen LogP contribution in [0.5, 0.6) is 0 Å². The number of pyridine rings is 1. The molecule has 1 aliphatic carbocycles. The molecule has 6 nitrogen and oxygen atoms in total. The summed E-state index contributed by atoms with van der Waals surface area (Å²) in [7, 11) is 4.11. The number of hydrogen-bond donors (Lipinski definition) is 2. The van der Waals surface area contributed by atoms with Gasteiger partial charge in [-0.05, 0) is 59.8 Å². The third-order valence-corrected chi connectivity index (χ3v) is 5.81. The van der Waals surface area contributed by atoms with E-state index in [-0.39, 0.29) is 11.9 Å². The number of carbonyl (C=O) groups is 1. The van der Waals surface area contributed by atoms with E-state index in [1.807, 2.05) is 18.2 Å². The van der Waals surface area contributed by atoms with Crippen LogP contribution in [0.25, 0.3) is 10.9 Å². The van der Waals surface area contributed by atoms with E-state index in [0.29, 0.717) is 16.5 Å². The van der Waals surface area contributed by atoms with Gasteiger partial charge in [-0.25, -0.2) is 4.98 Å². The maximum Gasteiger partial charge on any atom is 0.287 e. The minimum Gasteiger partial charge on any atom is -0.444 e. The van der Waals surface area contributed by atoms with Crippen LogP contribution in [0, 0.1) is 0 Å². The van der Waals surface area contributed by atoms with Gasteiger partial charge in [-0.1, -0.05) is 18.2 Å². The molecule has 7 heteroatoms. The third-order valence-electron chi connectivity index (χ3n) is 5.39. The van der Waals surface area contributed by atoms with Gasteiger partial charge in [-0.3, -0.25) is 4.79 Å². The van der Waals surface area contributed by atoms with Crippen LogP contribution >= 0.6 is 15.9 Å². The minimum absolute atomic E-state index is 0.154. The van der Waals surface area contributed by atoms with E-state index in [4.69, 9.17) is 9.40 Å². The summed E-state index contributed by atoms with van der Waals surface area (Å²) in [6.45, 7) is 0. The van der Waals surface area contributed by atoms with Crippen LogP contribution in [-0.4, -0.2) is 37.1 Å². The number of carbonyl (C=O) groups excluding carboxylic acids is 1. The van der Waals surface area contributed by atoms with Crippen LogP contribution in [0.4, 0.5) is 11.5 Å². The number of hydrogen-bond acceptors (Lipinski definition) is 5. The average molecular weight is 457 g/mol. The summed E-state index contributed by atoms with van der Waals surface area (Å²) in [6.07, 6.45) is 3.83. The SMILES string of the molecule is CN(C)c1cc(NC2CCC(NC(=O)c3ccc(Br)o3)CC2)nc2ccccc12. The van der Waals surface area contributed by atoms with E-state index < -0.39 is 0 Å². The molecule has 0 aliphatic heterocycles. The van der Waals surface area contributed by atoms with Crippen molar-refractivity contribution in [1.82, 2.24) is 10.3 Å². The first-order valence-corrected chi connectivity index (χ1v) is 10.7. The van der Waals surface area contributed by atoms with Crippen molar-refractivity contribution in [3.63, 3.8) is 0 Å². The van der Waals surface area contributed by atoms with Crippen LogP contribution in [0.1, 0.15) is 36.2 Å². The molecule has 0 atom stereocenters. The number of benzene rings is 1. The molecule has 152 valence electrons. The first-order valence-electron chi connectivity index (χ1n) is 9.89. The molecule has 1 amide bonds. The number of furan rings is 1. The van der Waals surface area contributed by atoms with E-state index in [1.54, 1.807) is 12.1 Å². The smallest absolute Gasteiger partial charge is 0.287 e. The molecule has 4 rings (SSSR count). The zero-order valence-electron chi connectivity index (χ0n) is 16.6. The standard InChI is InChI=1S/C22H25BrN4O2/c1-27(2)18-13-21(26-17-6-4-3-5-16(17)18)24-14-7-9-15(10-8-14)25-22(28)19-11-12-20(23)29-19/h3-6,11-15H,7-10H2,1-2H3,(H,24,26)(H,25,28). The number of nitrogens with zero attached hydrogens (tertiary/aromatic N) is 2. The molecule has 2 aromatic heterocycles. The molecule has 0 bridgehead atoms. The quantitative estimate of drug-likeness (QED) is 0.576. The van der Waals surface area contributed by atoms with Gasteiger partial charge in [0.05, 0.1) is 5.52 Å². The molecule has 3 aromatic rings. The monoisotopic (exact) mass is 456 g/mol. The Hall–Kier alpha value is -2.54. The summed E-state index contributed by atoms with van der Waals surface area (Å²) in [5.41, 5.74) is 2.15. The van der Waals surface area contributed by atoms with Gasteiger partial charge >= 0.3 is 0 Å². The number of amides is 1. The topological polar surface area (TPSA) is 70.4 Å². The Morgan fingerprint density at radius 1 is 1.10 bits per heavy atom. The molecule has 0 spiro atoms. The van der Waals surface area contributed by atoms with Crippen LogP contribution in [0.15, 0.2) is 51.6 Å². The minimum atomic E-state index is -0.154. The lowest BCUT2D eigenvalue weighted by Crippen LogP contribution is -2.40. The fourth-order valence-electron chi connectivity index (χ4n) is 3.89. The molecule has 0 radical (unpaired) electrons. The van der Waals surface area contributed by atoms with Crippen molar-refractivity contribution < 1.29 is 9.21 Å². The molecule has 1 aromatic carbocycles. The Morgan fingerprint density at radius 2 is 1.83 bits per heavy atom. The Bertz CT molecular complexity index is 1010. The van der Waals surface area contributed by atoms with Crippen LogP contribution in [0.3, 0.4) is 0 Å². The van der Waals surface area contributed by atoms with Gasteiger partial charge in [0.2, 0.25) is 0 Å². The summed E-state index contributed by atoms with van der Waals surface area (Å²) >= 11 is 3.23. The molecular formula is C22H25BrN4O2. The molecule has 0 unspecified atom stereocenters. The van der Waals surface area contributed by atoms with Gasteiger partial charge < -0.3 is 20.0 Å². The highest BCUT2D eigenvalue weighted by atomic mass is 79.9. The molecule has 29 heavy (non-hydrogen) atoms. The van der Waals surface area contributed by atoms with E-state index in [2.05, 4.69) is 57.7 Å². The van der Waals surface area contributed by atoms with E-state index >= 15 is 0 Å². The lowest BCUT2D eigenvalue weighted by atomic mass is 9.91. The van der Waals surface area contributed by atoms with Crippen molar-refractivity contribution in [1.29, 1.82) is 0 Å². The summed E-state index contributed by atoms with van der Waals surface area (Å²) in [6, 6.07) is 14.3. The second-order valence-electron chi connectivity index (χ2n) is 7.71. The Morgan fingerprint density at radius 3 is 2.52 bits per heavy atom. The van der Waals surface area contributed by atoms with Gasteiger partial charge in [0.25, 0.3) is 5.91 Å². The fraction of sp³-hybridized carbons (Fsp3) is 0.364. The average Bonchev–Trinajstić information content (AvgIpc) is 3.15. The number of halogens is 1. The number of para-hydroxylation sites is 1. The first kappa shape index (κ1) is 19.8. The van der Waals surface area contributed by atoms with Crippen molar-refractivity contribution in [2.24, 2.45) is 0 Å². The maximum atomic E-state index is 12.3. The van der Waals surface area contributed by atoms with Crippen molar-refractivity contribution in [3.8, 4) is 0 Å². The Labute approximate surface area is 178 Å². The van der Waals surface area contributed by atoms with E-state index in [0.717, 1.165) is 48.1 Å². The molecule has 2 heterocycles. The normalized spacial score (nSPS) is 19.1. The van der Waals surface area contributed by atoms with Crippen molar-refractivity contribution >= 4 is 44.2 Å². The number of anilines is 2. The van der Waals surface area contributed by atoms with E-state index in [9.17, 15) is 4.79 Å². The van der Waals surface area contributed by atoms with E-state index in [1.165, 1.54) is 0 Å². The van der Waals surface area contributed by atoms with Crippen LogP contribution in [0.2, 0.25) is 0 Å². The summed E-state index contributed by atoms with van der Waals surface area (Å²) in [5.74, 6) is 1.09. The summed E-state index contributed by atoms with van der Waals surface area (Å²) < 4.78 is 5.90. The zero-order chi connectivity index (χ0) is 20.4. The number of fused-ring (bicyclic) bond motifs is 1. The lowest BCUT2D eigenvalue weighted by Gasteiger charge is -2.30. The van der Waals surface area contributed by atoms with Crippen molar-refractivity contribution in [2.45, 2.75) is 37.8 Å². The molecular weight excluding hydrogens is 432 g/mol. The van der Waals surface area contributed by atoms with Gasteiger partial charge in [0.1, 0.15) is 5.82 Å². The third kappa shape index (κ3) is 4.56. The highest BCUT2D eigenvalue weighted by Gasteiger charge is 2.24. The molecule has 1 saturated carbocycles. The summed E-state index contributed by atoms with van der Waals surface area (Å²) in [4.78, 5) is 19.2. The highest BCUT2D eigenvalue weighted by molar-refractivity contribution is 9.10. The second-order valence-corrected chi connectivity index (χ2v) is 8.49. The lowest BCUT2D eigenvalue weighted by molar-refractivity contribution is 0.0897. The Kier molecular flexibility index (Phi) is 5.76. The predicted octanol–water partition coefficient (Wildman–Crippen LogP) is 4.81. The highest BCUT2D eigenvalue weighted by Crippen LogP contribution is 2.29. The Balaban J connectivity index is 1.38. The number of nitrogens with one attached hydrogen (secondary N) is 2. The largest absolute Gasteiger partial charge is 0.444 e. The molecule has 1 fully saturated rings. The van der Waals surface area contributed by atoms with Crippen molar-refractivity contribution in [3.05, 3.63) is 52.9 Å². The maximum absolute atomic E-state index is 12.3. The molecule has 1 aliphatic rings. The zero-order valence-corrected chi connectivity index (χ0v) is 18.2. The van der Waals surface area contributed by atoms with Gasteiger partial charge in [0.15, 0.2) is 10.4 Å². The van der Waals surface area contributed by atoms with Crippen LogP contribution < -0.4 is 15.5 Å². The van der Waals surface area contributed by atoms with Gasteiger partial charge in [-0.2, -0.15) is 0 Å². The van der Waals surface area contributed by atoms with Crippen molar-refractivity contribution in [2.75, 3.05) is 24.3 Å². The summed E-state index contributed by atoms with van der Waals surface area (Å²) in [5, 5.41) is 7.83. The number of rotatable bonds is 5. The molecule has 2 N–H and O–H groups in total. The second kappa shape index (κ2) is 8.45. The van der Waals surface area contributed by atoms with Crippen LogP contribution in [-0.2, 0) is 0 Å². The first-order chi connectivity index (χ1) is 14.0.